The fourth-order valence-electron chi connectivity index (χ4n) is 3.83. The molecule has 2 aliphatic carbocycles. The molecule has 3 aromatic rings. The van der Waals surface area contributed by atoms with Crippen LogP contribution in [0.15, 0.2) is 28.3 Å². The van der Waals surface area contributed by atoms with Gasteiger partial charge in [0, 0.05) is 14.6 Å². The van der Waals surface area contributed by atoms with Gasteiger partial charge in [0.25, 0.3) is 0 Å². The maximum Gasteiger partial charge on any atom is 0.0117 e. The molecule has 30 heavy (non-hydrogen) atoms. The quantitative estimate of drug-likeness (QED) is 0.365. The highest BCUT2D eigenvalue weighted by Gasteiger charge is 2.29. The molecule has 2 fully saturated rings. The first-order chi connectivity index (χ1) is 14.5. The van der Waals surface area contributed by atoms with E-state index in [1.807, 2.05) is 22.7 Å². The molecule has 2 aliphatic rings. The van der Waals surface area contributed by atoms with Crippen molar-refractivity contribution in [2.45, 2.75) is 97.8 Å². The topological polar surface area (TPSA) is 0 Å². The standard InChI is InChI=1S/C14H16S2.C8H12S.C5H10/c1-9-10(2)16-14(12-3-4-12)13(9)7-11-5-6-15-8-11;1-6(2)8-4-7(3)5-9-8;1-2-4-5-3-1/h5-6,8,12H,3-4,7H2,1-2H3;4-6H,1-3H3;1-5H2. The smallest absolute Gasteiger partial charge is 0.0117 e. The zero-order valence-corrected chi connectivity index (χ0v) is 21.9. The van der Waals surface area contributed by atoms with Crippen LogP contribution in [0.2, 0.25) is 0 Å². The number of thiophene rings is 3. The van der Waals surface area contributed by atoms with Crippen LogP contribution in [0.25, 0.3) is 0 Å². The molecule has 3 heteroatoms. The minimum Gasteiger partial charge on any atom is -0.152 e. The molecule has 0 aliphatic heterocycles. The average molecular weight is 459 g/mol. The summed E-state index contributed by atoms with van der Waals surface area (Å²) in [6.45, 7) is 11.2. The SMILES string of the molecule is C1CCCC1.Cc1csc(C(C)C)c1.Cc1sc(C2CC2)c(Cc2ccsc2)c1C. The summed E-state index contributed by atoms with van der Waals surface area (Å²) >= 11 is 5.70. The lowest BCUT2D eigenvalue weighted by Gasteiger charge is -2.03. The number of aryl methyl sites for hydroxylation is 2. The molecule has 0 amide bonds. The van der Waals surface area contributed by atoms with E-state index in [1.165, 1.54) is 71.4 Å². The number of rotatable bonds is 4. The fourth-order valence-corrected chi connectivity index (χ4v) is 6.77. The molecule has 0 saturated heterocycles. The Morgan fingerprint density at radius 1 is 0.967 bits per heavy atom. The summed E-state index contributed by atoms with van der Waals surface area (Å²) in [4.78, 5) is 4.70. The Kier molecular flexibility index (Phi) is 9.22. The van der Waals surface area contributed by atoms with Crippen LogP contribution in [-0.2, 0) is 6.42 Å². The van der Waals surface area contributed by atoms with Gasteiger partial charge in [0.2, 0.25) is 0 Å². The Labute approximate surface area is 196 Å². The van der Waals surface area contributed by atoms with Gasteiger partial charge >= 0.3 is 0 Å². The van der Waals surface area contributed by atoms with Gasteiger partial charge in [0.05, 0.1) is 0 Å². The molecule has 3 aromatic heterocycles. The second-order valence-corrected chi connectivity index (χ2v) is 12.1. The highest BCUT2D eigenvalue weighted by Crippen LogP contribution is 2.47. The summed E-state index contributed by atoms with van der Waals surface area (Å²) in [5.41, 5.74) is 6.04. The lowest BCUT2D eigenvalue weighted by Crippen LogP contribution is -1.91. The predicted octanol–water partition coefficient (Wildman–Crippen LogP) is 10.0. The highest BCUT2D eigenvalue weighted by molar-refractivity contribution is 7.12. The Hall–Kier alpha value is -0.900. The zero-order valence-electron chi connectivity index (χ0n) is 19.4. The van der Waals surface area contributed by atoms with Crippen LogP contribution in [0.1, 0.15) is 108 Å². The van der Waals surface area contributed by atoms with E-state index < -0.39 is 0 Å². The molecule has 5 rings (SSSR count). The maximum atomic E-state index is 2.29. The third kappa shape index (κ3) is 7.07. The normalized spacial score (nSPS) is 15.5. The summed E-state index contributed by atoms with van der Waals surface area (Å²) < 4.78 is 0. The van der Waals surface area contributed by atoms with E-state index in [-0.39, 0.29) is 0 Å². The third-order valence-electron chi connectivity index (χ3n) is 6.02. The van der Waals surface area contributed by atoms with Crippen molar-refractivity contribution in [1.29, 1.82) is 0 Å². The van der Waals surface area contributed by atoms with Gasteiger partial charge in [-0.1, -0.05) is 46.0 Å². The summed E-state index contributed by atoms with van der Waals surface area (Å²) in [5, 5.41) is 6.67. The van der Waals surface area contributed by atoms with Crippen molar-refractivity contribution in [3.63, 3.8) is 0 Å². The minimum atomic E-state index is 0.698. The van der Waals surface area contributed by atoms with E-state index in [0.29, 0.717) is 5.92 Å². The molecule has 0 aromatic carbocycles. The van der Waals surface area contributed by atoms with Crippen molar-refractivity contribution in [3.8, 4) is 0 Å². The van der Waals surface area contributed by atoms with Crippen LogP contribution in [0, 0.1) is 20.8 Å². The monoisotopic (exact) mass is 458 g/mol. The predicted molar refractivity (Wildman–Crippen MR) is 139 cm³/mol. The van der Waals surface area contributed by atoms with Crippen molar-refractivity contribution in [2.24, 2.45) is 0 Å². The van der Waals surface area contributed by atoms with Gasteiger partial charge in [0.1, 0.15) is 0 Å². The van der Waals surface area contributed by atoms with Crippen molar-refractivity contribution in [2.75, 3.05) is 0 Å². The van der Waals surface area contributed by atoms with Crippen LogP contribution in [0.5, 0.6) is 0 Å². The Balaban J connectivity index is 0.000000153. The molecule has 164 valence electrons. The number of hydrogen-bond acceptors (Lipinski definition) is 3. The van der Waals surface area contributed by atoms with Crippen LogP contribution < -0.4 is 0 Å². The van der Waals surface area contributed by atoms with E-state index in [1.54, 1.807) is 21.8 Å². The molecule has 0 atom stereocenters. The summed E-state index contributed by atoms with van der Waals surface area (Å²) in [5.74, 6) is 1.59. The van der Waals surface area contributed by atoms with E-state index in [9.17, 15) is 0 Å². The van der Waals surface area contributed by atoms with E-state index in [4.69, 9.17) is 0 Å². The summed E-state index contributed by atoms with van der Waals surface area (Å²) in [6.07, 6.45) is 11.5. The first kappa shape index (κ1) is 23.8. The van der Waals surface area contributed by atoms with Crippen molar-refractivity contribution < 1.29 is 0 Å². The Morgan fingerprint density at radius 2 is 1.63 bits per heavy atom. The molecular weight excluding hydrogens is 420 g/mol. The molecule has 3 heterocycles. The van der Waals surface area contributed by atoms with Gasteiger partial charge in [-0.05, 0) is 102 Å². The second kappa shape index (κ2) is 11.6. The Morgan fingerprint density at radius 3 is 2.07 bits per heavy atom. The molecule has 0 N–H and O–H groups in total. The largest absolute Gasteiger partial charge is 0.152 e. The summed E-state index contributed by atoms with van der Waals surface area (Å²) in [7, 11) is 0. The van der Waals surface area contributed by atoms with Crippen molar-refractivity contribution >= 4 is 34.0 Å². The molecule has 2 saturated carbocycles. The van der Waals surface area contributed by atoms with Gasteiger partial charge < -0.3 is 0 Å². The van der Waals surface area contributed by atoms with E-state index >= 15 is 0 Å². The zero-order chi connectivity index (χ0) is 21.5. The Bertz CT molecular complexity index is 864. The molecule has 0 radical (unpaired) electrons. The fraction of sp³-hybridized carbons (Fsp3) is 0.556. The van der Waals surface area contributed by atoms with Gasteiger partial charge in [0.15, 0.2) is 0 Å². The van der Waals surface area contributed by atoms with Crippen LogP contribution in [0.4, 0.5) is 0 Å². The van der Waals surface area contributed by atoms with Crippen LogP contribution in [-0.4, -0.2) is 0 Å². The third-order valence-corrected chi connectivity index (χ3v) is 9.52. The number of hydrogen-bond donors (Lipinski definition) is 0. The maximum absolute atomic E-state index is 2.29. The first-order valence-electron chi connectivity index (χ1n) is 11.6. The second-order valence-electron chi connectivity index (χ2n) is 9.16. The van der Waals surface area contributed by atoms with Crippen LogP contribution >= 0.6 is 34.0 Å². The van der Waals surface area contributed by atoms with E-state index in [2.05, 4.69) is 62.9 Å². The minimum absolute atomic E-state index is 0.698. The van der Waals surface area contributed by atoms with Gasteiger partial charge in [-0.15, -0.1) is 22.7 Å². The average Bonchev–Trinajstić information content (AvgIpc) is 3.19. The van der Waals surface area contributed by atoms with Gasteiger partial charge in [-0.25, -0.2) is 0 Å². The first-order valence-corrected chi connectivity index (χ1v) is 14.2. The highest BCUT2D eigenvalue weighted by atomic mass is 32.1. The van der Waals surface area contributed by atoms with Gasteiger partial charge in [-0.2, -0.15) is 11.3 Å². The molecule has 0 unspecified atom stereocenters. The van der Waals surface area contributed by atoms with Gasteiger partial charge in [-0.3, -0.25) is 0 Å². The molecule has 0 spiro atoms. The molecular formula is C27H38S3. The summed E-state index contributed by atoms with van der Waals surface area (Å²) in [6, 6.07) is 4.52. The lowest BCUT2D eigenvalue weighted by atomic mass is 10.0. The lowest BCUT2D eigenvalue weighted by molar-refractivity contribution is 0.886. The van der Waals surface area contributed by atoms with Crippen LogP contribution in [0.3, 0.4) is 0 Å². The molecule has 0 bridgehead atoms. The van der Waals surface area contributed by atoms with Crippen molar-refractivity contribution in [1.82, 2.24) is 0 Å². The van der Waals surface area contributed by atoms with E-state index in [0.717, 1.165) is 12.3 Å². The molecule has 0 nitrogen and oxygen atoms in total. The van der Waals surface area contributed by atoms with Crippen molar-refractivity contribution in [3.05, 3.63) is 65.2 Å².